The molecule has 0 radical (unpaired) electrons. The number of thiazole rings is 1. The number of hydrogen-bond donors (Lipinski definition) is 0. The molecule has 2 heterocycles. The van der Waals surface area contributed by atoms with Crippen molar-refractivity contribution < 1.29 is 4.74 Å². The number of nitrogens with zero attached hydrogens (tertiary/aromatic N) is 4. The summed E-state index contributed by atoms with van der Waals surface area (Å²) in [6, 6.07) is 10.3. The molecule has 0 fully saturated rings. The molecule has 3 rings (SSSR count). The third-order valence-corrected chi connectivity index (χ3v) is 4.43. The topological polar surface area (TPSA) is 51.1 Å². The van der Waals surface area contributed by atoms with Crippen molar-refractivity contribution in [3.63, 3.8) is 0 Å². The quantitative estimate of drug-likeness (QED) is 0.660. The van der Waals surface area contributed by atoms with Crippen molar-refractivity contribution in [2.45, 2.75) is 19.7 Å². The summed E-state index contributed by atoms with van der Waals surface area (Å²) in [5, 5.41) is 3.18. The zero-order chi connectivity index (χ0) is 16.8. The highest BCUT2D eigenvalue weighted by Gasteiger charge is 2.08. The van der Waals surface area contributed by atoms with Crippen molar-refractivity contribution in [2.24, 2.45) is 0 Å². The van der Waals surface area contributed by atoms with Gasteiger partial charge in [0.25, 0.3) is 0 Å². The summed E-state index contributed by atoms with van der Waals surface area (Å²) in [7, 11) is 3.72. The zero-order valence-electron chi connectivity index (χ0n) is 13.8. The van der Waals surface area contributed by atoms with E-state index in [0.29, 0.717) is 12.4 Å². The van der Waals surface area contributed by atoms with Crippen molar-refractivity contribution in [3.8, 4) is 10.6 Å². The first kappa shape index (κ1) is 16.7. The van der Waals surface area contributed by atoms with Gasteiger partial charge in [-0.15, -0.1) is 11.3 Å². The first-order chi connectivity index (χ1) is 11.7. The first-order valence-corrected chi connectivity index (χ1v) is 8.59. The van der Waals surface area contributed by atoms with Gasteiger partial charge in [-0.1, -0.05) is 30.3 Å². The van der Waals surface area contributed by atoms with Gasteiger partial charge in [0.1, 0.15) is 11.6 Å². The molecule has 1 aromatic carbocycles. The minimum Gasteiger partial charge on any atom is -0.377 e. The Labute approximate surface area is 146 Å². The van der Waals surface area contributed by atoms with Gasteiger partial charge in [-0.05, 0) is 7.05 Å². The number of hydrogen-bond acceptors (Lipinski definition) is 6. The highest BCUT2D eigenvalue weighted by molar-refractivity contribution is 7.13. The largest absolute Gasteiger partial charge is 0.377 e. The molecule has 0 amide bonds. The lowest BCUT2D eigenvalue weighted by molar-refractivity contribution is 0.177. The van der Waals surface area contributed by atoms with E-state index in [-0.39, 0.29) is 0 Å². The Balaban J connectivity index is 1.59. The van der Waals surface area contributed by atoms with E-state index in [1.807, 2.05) is 30.6 Å². The van der Waals surface area contributed by atoms with Gasteiger partial charge in [0.15, 0.2) is 5.82 Å². The van der Waals surface area contributed by atoms with E-state index in [1.54, 1.807) is 18.4 Å². The monoisotopic (exact) mass is 340 g/mol. The summed E-state index contributed by atoms with van der Waals surface area (Å²) in [6.45, 7) is 2.02. The molecule has 6 heteroatoms. The minimum absolute atomic E-state index is 0.442. The Kier molecular flexibility index (Phi) is 5.63. The molecule has 2 aromatic heterocycles. The van der Waals surface area contributed by atoms with Crippen LogP contribution in [-0.4, -0.2) is 34.0 Å². The lowest BCUT2D eigenvalue weighted by atomic mass is 10.2. The van der Waals surface area contributed by atoms with Crippen LogP contribution in [0.1, 0.15) is 17.1 Å². The standard InChI is InChI=1S/C18H20N4OS/c1-22(10-14-8-19-17(12-23-2)20-9-14)11-16-13-24-18(21-16)15-6-4-3-5-7-15/h3-9,13H,10-12H2,1-2H3. The van der Waals surface area contributed by atoms with Crippen LogP contribution < -0.4 is 0 Å². The molecular weight excluding hydrogens is 320 g/mol. The highest BCUT2D eigenvalue weighted by atomic mass is 32.1. The van der Waals surface area contributed by atoms with E-state index in [4.69, 9.17) is 9.72 Å². The average molecular weight is 340 g/mol. The Hall–Kier alpha value is -2.15. The predicted octanol–water partition coefficient (Wildman–Crippen LogP) is 3.38. The summed E-state index contributed by atoms with van der Waals surface area (Å²) in [4.78, 5) is 15.5. The lowest BCUT2D eigenvalue weighted by Gasteiger charge is -2.14. The molecule has 0 atom stereocenters. The van der Waals surface area contributed by atoms with E-state index in [2.05, 4.69) is 39.4 Å². The second kappa shape index (κ2) is 8.10. The second-order valence-electron chi connectivity index (χ2n) is 5.62. The average Bonchev–Trinajstić information content (AvgIpc) is 3.06. The van der Waals surface area contributed by atoms with E-state index in [0.717, 1.165) is 29.4 Å². The van der Waals surface area contributed by atoms with Crippen LogP contribution in [0.3, 0.4) is 0 Å². The Morgan fingerprint density at radius 2 is 1.83 bits per heavy atom. The molecule has 0 aliphatic heterocycles. The minimum atomic E-state index is 0.442. The molecule has 124 valence electrons. The highest BCUT2D eigenvalue weighted by Crippen LogP contribution is 2.23. The van der Waals surface area contributed by atoms with E-state index < -0.39 is 0 Å². The fourth-order valence-corrected chi connectivity index (χ4v) is 3.22. The van der Waals surface area contributed by atoms with Crippen LogP contribution in [0.15, 0.2) is 48.1 Å². The molecule has 24 heavy (non-hydrogen) atoms. The fourth-order valence-electron chi connectivity index (χ4n) is 2.40. The molecule has 0 aliphatic rings. The van der Waals surface area contributed by atoms with Crippen LogP contribution in [0, 0.1) is 0 Å². The molecule has 0 N–H and O–H groups in total. The third-order valence-electron chi connectivity index (χ3n) is 3.49. The van der Waals surface area contributed by atoms with Gasteiger partial charge in [-0.3, -0.25) is 4.90 Å². The van der Waals surface area contributed by atoms with Gasteiger partial charge >= 0.3 is 0 Å². The van der Waals surface area contributed by atoms with Crippen LogP contribution >= 0.6 is 11.3 Å². The van der Waals surface area contributed by atoms with Crippen molar-refractivity contribution in [1.82, 2.24) is 19.9 Å². The predicted molar refractivity (Wildman–Crippen MR) is 95.5 cm³/mol. The summed E-state index contributed by atoms with van der Waals surface area (Å²) in [5.74, 6) is 0.705. The van der Waals surface area contributed by atoms with Gasteiger partial charge in [0, 0.05) is 49.1 Å². The maximum atomic E-state index is 5.02. The molecule has 0 spiro atoms. The van der Waals surface area contributed by atoms with Crippen molar-refractivity contribution in [3.05, 3.63) is 65.2 Å². The van der Waals surface area contributed by atoms with E-state index in [1.165, 1.54) is 5.56 Å². The summed E-state index contributed by atoms with van der Waals surface area (Å²) >= 11 is 1.68. The lowest BCUT2D eigenvalue weighted by Crippen LogP contribution is -2.18. The number of aromatic nitrogens is 3. The van der Waals surface area contributed by atoms with Crippen LogP contribution in [0.4, 0.5) is 0 Å². The summed E-state index contributed by atoms with van der Waals surface area (Å²) in [5.41, 5.74) is 3.33. The van der Waals surface area contributed by atoms with Gasteiger partial charge in [-0.2, -0.15) is 0 Å². The molecular formula is C18H20N4OS. The van der Waals surface area contributed by atoms with E-state index in [9.17, 15) is 0 Å². The molecule has 0 bridgehead atoms. The van der Waals surface area contributed by atoms with Crippen LogP contribution in [-0.2, 0) is 24.4 Å². The van der Waals surface area contributed by atoms with Gasteiger partial charge in [0.2, 0.25) is 0 Å². The van der Waals surface area contributed by atoms with Gasteiger partial charge in [0.05, 0.1) is 5.69 Å². The molecule has 5 nitrogen and oxygen atoms in total. The van der Waals surface area contributed by atoms with Crippen LogP contribution in [0.25, 0.3) is 10.6 Å². The van der Waals surface area contributed by atoms with Crippen LogP contribution in [0.5, 0.6) is 0 Å². The Bertz CT molecular complexity index is 758. The fraction of sp³-hybridized carbons (Fsp3) is 0.278. The van der Waals surface area contributed by atoms with E-state index >= 15 is 0 Å². The van der Waals surface area contributed by atoms with Gasteiger partial charge < -0.3 is 4.74 Å². The zero-order valence-corrected chi connectivity index (χ0v) is 14.7. The molecule has 0 unspecified atom stereocenters. The van der Waals surface area contributed by atoms with Crippen LogP contribution in [0.2, 0.25) is 0 Å². The van der Waals surface area contributed by atoms with Crippen molar-refractivity contribution >= 4 is 11.3 Å². The summed E-state index contributed by atoms with van der Waals surface area (Å²) < 4.78 is 5.02. The maximum Gasteiger partial charge on any atom is 0.153 e. The SMILES string of the molecule is COCc1ncc(CN(C)Cc2csc(-c3ccccc3)n2)cn1. The smallest absolute Gasteiger partial charge is 0.153 e. The second-order valence-corrected chi connectivity index (χ2v) is 6.48. The third kappa shape index (κ3) is 4.44. The van der Waals surface area contributed by atoms with Crippen molar-refractivity contribution in [1.29, 1.82) is 0 Å². The Morgan fingerprint density at radius 3 is 2.54 bits per heavy atom. The number of rotatable bonds is 7. The molecule has 0 aliphatic carbocycles. The maximum absolute atomic E-state index is 5.02. The molecule has 3 aromatic rings. The van der Waals surface area contributed by atoms with Gasteiger partial charge in [-0.25, -0.2) is 15.0 Å². The first-order valence-electron chi connectivity index (χ1n) is 7.71. The number of methoxy groups -OCH3 is 1. The molecule has 0 saturated carbocycles. The van der Waals surface area contributed by atoms with Crippen molar-refractivity contribution in [2.75, 3.05) is 14.2 Å². The summed E-state index contributed by atoms with van der Waals surface area (Å²) in [6.07, 6.45) is 3.71. The number of benzene rings is 1. The normalized spacial score (nSPS) is 11.1. The molecule has 0 saturated heterocycles. The Morgan fingerprint density at radius 1 is 1.08 bits per heavy atom. The number of ether oxygens (including phenoxy) is 1.